The molecule has 0 saturated carbocycles. The third kappa shape index (κ3) is 2.91. The number of benzene rings is 1. The van der Waals surface area contributed by atoms with E-state index in [-0.39, 0.29) is 11.7 Å². The van der Waals surface area contributed by atoms with Crippen molar-refractivity contribution in [2.45, 2.75) is 13.8 Å². The minimum absolute atomic E-state index is 0.0432. The molecule has 0 saturated heterocycles. The molecule has 0 aromatic heterocycles. The van der Waals surface area contributed by atoms with Crippen LogP contribution in [-0.4, -0.2) is 24.5 Å². The van der Waals surface area contributed by atoms with E-state index in [1.54, 1.807) is 51.3 Å². The van der Waals surface area contributed by atoms with Crippen LogP contribution in [0.15, 0.2) is 52.6 Å². The third-order valence-electron chi connectivity index (χ3n) is 3.05. The first kappa shape index (κ1) is 13.9. The molecule has 0 atom stereocenters. The van der Waals surface area contributed by atoms with Gasteiger partial charge in [0.25, 0.3) is 5.91 Å². The first-order valence-corrected chi connectivity index (χ1v) is 6.19. The standard InChI is InChI=1S/C16H15NO3/c1-10-9-15(18)11(2)8-14(10)17-16(19)12-4-6-13(20-3)7-5-12/h4-9H,1-3H3. The Bertz CT molecular complexity index is 649. The summed E-state index contributed by atoms with van der Waals surface area (Å²) in [5, 5.41) is 0. The Kier molecular flexibility index (Phi) is 3.94. The molecule has 0 aliphatic heterocycles. The maximum atomic E-state index is 12.1. The second kappa shape index (κ2) is 5.65. The summed E-state index contributed by atoms with van der Waals surface area (Å²) in [5.74, 6) is 0.302. The molecular formula is C16H15NO3. The highest BCUT2D eigenvalue weighted by atomic mass is 16.5. The van der Waals surface area contributed by atoms with Crippen LogP contribution in [0.25, 0.3) is 0 Å². The van der Waals surface area contributed by atoms with Crippen molar-refractivity contribution >= 4 is 17.4 Å². The molecule has 4 nitrogen and oxygen atoms in total. The Morgan fingerprint density at radius 2 is 1.70 bits per heavy atom. The molecule has 1 aliphatic rings. The highest BCUT2D eigenvalue weighted by molar-refractivity contribution is 6.24. The van der Waals surface area contributed by atoms with Crippen LogP contribution >= 0.6 is 0 Å². The molecule has 0 heterocycles. The maximum Gasteiger partial charge on any atom is 0.277 e. The van der Waals surface area contributed by atoms with Crippen molar-refractivity contribution in [3.05, 3.63) is 53.1 Å². The van der Waals surface area contributed by atoms with Gasteiger partial charge in [0.2, 0.25) is 0 Å². The second-order valence-electron chi connectivity index (χ2n) is 4.55. The summed E-state index contributed by atoms with van der Waals surface area (Å²) in [6.45, 7) is 3.47. The highest BCUT2D eigenvalue weighted by Crippen LogP contribution is 2.15. The number of ether oxygens (including phenoxy) is 1. The van der Waals surface area contributed by atoms with E-state index in [4.69, 9.17) is 4.74 Å². The Labute approximate surface area is 117 Å². The highest BCUT2D eigenvalue weighted by Gasteiger charge is 2.14. The molecule has 4 heteroatoms. The van der Waals surface area contributed by atoms with Crippen LogP contribution in [0, 0.1) is 0 Å². The quantitative estimate of drug-likeness (QED) is 0.776. The second-order valence-corrected chi connectivity index (χ2v) is 4.55. The molecule has 0 spiro atoms. The average Bonchev–Trinajstić information content (AvgIpc) is 2.44. The van der Waals surface area contributed by atoms with Gasteiger partial charge in [-0.15, -0.1) is 0 Å². The van der Waals surface area contributed by atoms with Crippen LogP contribution in [0.4, 0.5) is 0 Å². The van der Waals surface area contributed by atoms with Crippen LogP contribution in [0.3, 0.4) is 0 Å². The fraction of sp³-hybridized carbons (Fsp3) is 0.188. The number of hydrogen-bond donors (Lipinski definition) is 0. The van der Waals surface area contributed by atoms with Crippen LogP contribution < -0.4 is 4.74 Å². The van der Waals surface area contributed by atoms with E-state index in [9.17, 15) is 9.59 Å². The van der Waals surface area contributed by atoms with Gasteiger partial charge in [-0.2, -0.15) is 0 Å². The summed E-state index contributed by atoms with van der Waals surface area (Å²) in [7, 11) is 1.57. The van der Waals surface area contributed by atoms with Gasteiger partial charge < -0.3 is 4.74 Å². The molecule has 0 fully saturated rings. The van der Waals surface area contributed by atoms with Gasteiger partial charge in [0, 0.05) is 5.56 Å². The van der Waals surface area contributed by atoms with Crippen LogP contribution in [0.5, 0.6) is 5.75 Å². The Hall–Kier alpha value is -2.49. The molecule has 1 aromatic rings. The Balaban J connectivity index is 2.28. The molecule has 2 rings (SSSR count). The summed E-state index contributed by atoms with van der Waals surface area (Å²) in [6.07, 6.45) is 3.13. The minimum Gasteiger partial charge on any atom is -0.497 e. The summed E-state index contributed by atoms with van der Waals surface area (Å²) >= 11 is 0. The number of amides is 1. The number of nitrogens with zero attached hydrogens (tertiary/aromatic N) is 1. The van der Waals surface area contributed by atoms with E-state index < -0.39 is 0 Å². The summed E-state index contributed by atoms with van der Waals surface area (Å²) in [6, 6.07) is 6.74. The van der Waals surface area contributed by atoms with Gasteiger partial charge in [0.05, 0.1) is 12.8 Å². The number of carbonyl (C=O) groups excluding carboxylic acids is 2. The van der Waals surface area contributed by atoms with Crippen molar-refractivity contribution in [2.75, 3.05) is 7.11 Å². The zero-order valence-electron chi connectivity index (χ0n) is 11.6. The number of rotatable bonds is 2. The molecular weight excluding hydrogens is 254 g/mol. The predicted octanol–water partition coefficient (Wildman–Crippen LogP) is 2.75. The number of methoxy groups -OCH3 is 1. The number of carbonyl (C=O) groups is 2. The molecule has 102 valence electrons. The van der Waals surface area contributed by atoms with Gasteiger partial charge in [-0.05, 0) is 61.4 Å². The Morgan fingerprint density at radius 3 is 2.30 bits per heavy atom. The number of hydrogen-bond acceptors (Lipinski definition) is 3. The SMILES string of the molecule is COc1ccc(C(=O)N=C2C=C(C)C(=O)C=C2C)cc1. The molecule has 0 unspecified atom stereocenters. The van der Waals surface area contributed by atoms with Crippen LogP contribution in [0.2, 0.25) is 0 Å². The fourth-order valence-electron chi connectivity index (χ4n) is 1.80. The van der Waals surface area contributed by atoms with Gasteiger partial charge >= 0.3 is 0 Å². The normalized spacial score (nSPS) is 16.8. The lowest BCUT2D eigenvalue weighted by molar-refractivity contribution is -0.111. The third-order valence-corrected chi connectivity index (χ3v) is 3.05. The lowest BCUT2D eigenvalue weighted by Gasteiger charge is -2.09. The molecule has 1 aliphatic carbocycles. The number of allylic oxidation sites excluding steroid dienone is 4. The lowest BCUT2D eigenvalue weighted by Crippen LogP contribution is -2.12. The van der Waals surface area contributed by atoms with E-state index in [1.807, 2.05) is 0 Å². The molecule has 20 heavy (non-hydrogen) atoms. The van der Waals surface area contributed by atoms with E-state index in [0.29, 0.717) is 28.2 Å². The van der Waals surface area contributed by atoms with E-state index in [2.05, 4.69) is 4.99 Å². The minimum atomic E-state index is -0.339. The van der Waals surface area contributed by atoms with Gasteiger partial charge in [0.15, 0.2) is 5.78 Å². The first-order valence-electron chi connectivity index (χ1n) is 6.19. The monoisotopic (exact) mass is 269 g/mol. The smallest absolute Gasteiger partial charge is 0.277 e. The summed E-state index contributed by atoms with van der Waals surface area (Å²) in [4.78, 5) is 27.6. The van der Waals surface area contributed by atoms with Crippen LogP contribution in [0.1, 0.15) is 24.2 Å². The van der Waals surface area contributed by atoms with Gasteiger partial charge in [0.1, 0.15) is 5.75 Å². The maximum absolute atomic E-state index is 12.1. The topological polar surface area (TPSA) is 55.7 Å². The summed E-state index contributed by atoms with van der Waals surface area (Å²) < 4.78 is 5.04. The Morgan fingerprint density at radius 1 is 1.05 bits per heavy atom. The lowest BCUT2D eigenvalue weighted by atomic mass is 9.98. The molecule has 0 radical (unpaired) electrons. The molecule has 1 amide bonds. The largest absolute Gasteiger partial charge is 0.497 e. The zero-order chi connectivity index (χ0) is 14.7. The van der Waals surface area contributed by atoms with Gasteiger partial charge in [-0.25, -0.2) is 4.99 Å². The van der Waals surface area contributed by atoms with Crippen molar-refractivity contribution in [1.29, 1.82) is 0 Å². The van der Waals surface area contributed by atoms with Crippen molar-refractivity contribution in [3.8, 4) is 5.75 Å². The molecule has 1 aromatic carbocycles. The van der Waals surface area contributed by atoms with E-state index >= 15 is 0 Å². The van der Waals surface area contributed by atoms with Crippen molar-refractivity contribution in [2.24, 2.45) is 4.99 Å². The fourth-order valence-corrected chi connectivity index (χ4v) is 1.80. The predicted molar refractivity (Wildman–Crippen MR) is 77.3 cm³/mol. The first-order chi connectivity index (χ1) is 9.51. The molecule has 0 bridgehead atoms. The van der Waals surface area contributed by atoms with Crippen LogP contribution in [-0.2, 0) is 4.79 Å². The zero-order valence-corrected chi connectivity index (χ0v) is 11.6. The average molecular weight is 269 g/mol. The summed E-state index contributed by atoms with van der Waals surface area (Å²) in [5.41, 5.74) is 2.29. The van der Waals surface area contributed by atoms with Crippen molar-refractivity contribution in [1.82, 2.24) is 0 Å². The van der Waals surface area contributed by atoms with Gasteiger partial charge in [-0.1, -0.05) is 0 Å². The number of aliphatic imine (C=N–C) groups is 1. The van der Waals surface area contributed by atoms with E-state index in [1.165, 1.54) is 6.08 Å². The van der Waals surface area contributed by atoms with E-state index in [0.717, 1.165) is 0 Å². The van der Waals surface area contributed by atoms with Gasteiger partial charge in [-0.3, -0.25) is 9.59 Å². The molecule has 0 N–H and O–H groups in total. The van der Waals surface area contributed by atoms with Crippen molar-refractivity contribution in [3.63, 3.8) is 0 Å². The van der Waals surface area contributed by atoms with Crippen molar-refractivity contribution < 1.29 is 14.3 Å². The number of ketones is 1.